The third-order valence-electron chi connectivity index (χ3n) is 4.33. The van der Waals surface area contributed by atoms with Crippen molar-refractivity contribution in [3.8, 4) is 5.69 Å². The highest BCUT2D eigenvalue weighted by atomic mass is 79.9. The van der Waals surface area contributed by atoms with Crippen LogP contribution in [0.1, 0.15) is 19.4 Å². The van der Waals surface area contributed by atoms with Crippen molar-refractivity contribution in [1.29, 1.82) is 0 Å². The van der Waals surface area contributed by atoms with E-state index in [1.54, 1.807) is 20.0 Å². The van der Waals surface area contributed by atoms with Gasteiger partial charge in [-0.25, -0.2) is 0 Å². The first kappa shape index (κ1) is 15.4. The van der Waals surface area contributed by atoms with Crippen LogP contribution in [0.3, 0.4) is 0 Å². The molecule has 0 bridgehead atoms. The van der Waals surface area contributed by atoms with Crippen molar-refractivity contribution in [1.82, 2.24) is 9.55 Å². The van der Waals surface area contributed by atoms with E-state index in [0.29, 0.717) is 0 Å². The Hall–Kier alpha value is -2.17. The monoisotopic (exact) mass is 380 g/mol. The summed E-state index contributed by atoms with van der Waals surface area (Å²) in [5.41, 5.74) is 2.99. The summed E-state index contributed by atoms with van der Waals surface area (Å²) >= 11 is 3.57. The van der Waals surface area contributed by atoms with Crippen LogP contribution >= 0.6 is 15.9 Å². The molecule has 0 radical (unpaired) electrons. The third kappa shape index (κ3) is 2.34. The Labute approximate surface area is 148 Å². The van der Waals surface area contributed by atoms with E-state index in [-0.39, 0.29) is 0 Å². The summed E-state index contributed by atoms with van der Waals surface area (Å²) in [6.07, 6.45) is 3.54. The molecule has 0 spiro atoms. The zero-order valence-electron chi connectivity index (χ0n) is 13.5. The van der Waals surface area contributed by atoms with Gasteiger partial charge in [-0.1, -0.05) is 34.1 Å². The van der Waals surface area contributed by atoms with E-state index in [1.807, 2.05) is 30.5 Å². The van der Waals surface area contributed by atoms with Gasteiger partial charge in [0.15, 0.2) is 0 Å². The summed E-state index contributed by atoms with van der Waals surface area (Å²) in [7, 11) is 0. The summed E-state index contributed by atoms with van der Waals surface area (Å²) in [6, 6.07) is 16.5. The van der Waals surface area contributed by atoms with Gasteiger partial charge in [0.05, 0.1) is 28.5 Å². The van der Waals surface area contributed by atoms with Gasteiger partial charge in [-0.2, -0.15) is 0 Å². The zero-order valence-corrected chi connectivity index (χ0v) is 15.1. The van der Waals surface area contributed by atoms with Crippen molar-refractivity contribution in [3.63, 3.8) is 0 Å². The Morgan fingerprint density at radius 2 is 1.75 bits per heavy atom. The van der Waals surface area contributed by atoms with Crippen LogP contribution in [0.4, 0.5) is 0 Å². The Bertz CT molecular complexity index is 1060. The normalized spacial score (nSPS) is 12.2. The zero-order chi connectivity index (χ0) is 16.9. The summed E-state index contributed by atoms with van der Waals surface area (Å²) in [5.74, 6) is 0. The fourth-order valence-corrected chi connectivity index (χ4v) is 3.65. The number of para-hydroxylation sites is 1. The molecule has 4 aromatic rings. The largest absolute Gasteiger partial charge is 0.386 e. The molecule has 0 saturated carbocycles. The number of pyridine rings is 1. The fourth-order valence-electron chi connectivity index (χ4n) is 3.29. The molecule has 0 aliphatic heterocycles. The van der Waals surface area contributed by atoms with Gasteiger partial charge in [-0.3, -0.25) is 4.98 Å². The SMILES string of the molecule is CC(C)(O)c1ccncc1-n1c2ccccc2c2cc(Br)ccc21. The minimum absolute atomic E-state index is 0.850. The molecule has 0 fully saturated rings. The van der Waals surface area contributed by atoms with E-state index < -0.39 is 5.60 Å². The van der Waals surface area contributed by atoms with Crippen LogP contribution in [0.2, 0.25) is 0 Å². The molecule has 0 aliphatic carbocycles. The molecular weight excluding hydrogens is 364 g/mol. The number of rotatable bonds is 2. The van der Waals surface area contributed by atoms with Crippen molar-refractivity contribution >= 4 is 37.7 Å². The van der Waals surface area contributed by atoms with Crippen molar-refractivity contribution in [3.05, 3.63) is 71.0 Å². The Morgan fingerprint density at radius 1 is 1.00 bits per heavy atom. The minimum Gasteiger partial charge on any atom is -0.386 e. The van der Waals surface area contributed by atoms with Gasteiger partial charge >= 0.3 is 0 Å². The second-order valence-electron chi connectivity index (χ2n) is 6.47. The molecule has 0 unspecified atom stereocenters. The van der Waals surface area contributed by atoms with Crippen molar-refractivity contribution < 1.29 is 5.11 Å². The maximum Gasteiger partial charge on any atom is 0.0861 e. The number of nitrogens with zero attached hydrogens (tertiary/aromatic N) is 2. The van der Waals surface area contributed by atoms with Crippen LogP contribution in [-0.2, 0) is 5.60 Å². The lowest BCUT2D eigenvalue weighted by atomic mass is 9.98. The molecule has 2 heterocycles. The number of aliphatic hydroxyl groups is 1. The Kier molecular flexibility index (Phi) is 3.48. The van der Waals surface area contributed by atoms with Crippen LogP contribution < -0.4 is 0 Å². The molecule has 0 aliphatic rings. The smallest absolute Gasteiger partial charge is 0.0861 e. The van der Waals surface area contributed by atoms with E-state index in [9.17, 15) is 5.11 Å². The molecule has 2 aromatic carbocycles. The lowest BCUT2D eigenvalue weighted by Crippen LogP contribution is -2.18. The summed E-state index contributed by atoms with van der Waals surface area (Å²) < 4.78 is 3.23. The lowest BCUT2D eigenvalue weighted by Gasteiger charge is -2.22. The van der Waals surface area contributed by atoms with Crippen LogP contribution in [0, 0.1) is 0 Å². The van der Waals surface area contributed by atoms with E-state index in [2.05, 4.69) is 49.7 Å². The number of hydrogen-bond acceptors (Lipinski definition) is 2. The first-order valence-corrected chi connectivity index (χ1v) is 8.62. The Morgan fingerprint density at radius 3 is 2.54 bits per heavy atom. The predicted molar refractivity (Wildman–Crippen MR) is 102 cm³/mol. The van der Waals surface area contributed by atoms with E-state index >= 15 is 0 Å². The molecule has 0 saturated heterocycles. The van der Waals surface area contributed by atoms with E-state index in [4.69, 9.17) is 0 Å². The van der Waals surface area contributed by atoms with Crippen molar-refractivity contribution in [2.45, 2.75) is 19.4 Å². The van der Waals surface area contributed by atoms with E-state index in [0.717, 1.165) is 26.8 Å². The van der Waals surface area contributed by atoms with Crippen LogP contribution in [0.15, 0.2) is 65.4 Å². The highest BCUT2D eigenvalue weighted by Gasteiger charge is 2.23. The average Bonchev–Trinajstić information content (AvgIpc) is 2.88. The first-order valence-electron chi connectivity index (χ1n) is 7.83. The number of fused-ring (bicyclic) bond motifs is 3. The standard InChI is InChI=1S/C20H17BrN2O/c1-20(2,24)16-9-10-22-12-19(16)23-17-6-4-3-5-14(17)15-11-13(21)7-8-18(15)23/h3-12,24H,1-2H3. The summed E-state index contributed by atoms with van der Waals surface area (Å²) in [6.45, 7) is 3.60. The molecule has 120 valence electrons. The predicted octanol–water partition coefficient (Wildman–Crippen LogP) is 5.17. The third-order valence-corrected chi connectivity index (χ3v) is 4.83. The van der Waals surface area contributed by atoms with E-state index in [1.165, 1.54) is 10.8 Å². The molecule has 3 nitrogen and oxygen atoms in total. The molecule has 4 heteroatoms. The van der Waals surface area contributed by atoms with Gasteiger partial charge in [0.2, 0.25) is 0 Å². The van der Waals surface area contributed by atoms with Crippen molar-refractivity contribution in [2.24, 2.45) is 0 Å². The molecule has 0 atom stereocenters. The highest BCUT2D eigenvalue weighted by molar-refractivity contribution is 9.10. The maximum absolute atomic E-state index is 10.6. The van der Waals surface area contributed by atoms with Crippen LogP contribution in [0.25, 0.3) is 27.5 Å². The lowest BCUT2D eigenvalue weighted by molar-refractivity contribution is 0.0785. The molecule has 1 N–H and O–H groups in total. The fraction of sp³-hybridized carbons (Fsp3) is 0.150. The second-order valence-corrected chi connectivity index (χ2v) is 7.38. The van der Waals surface area contributed by atoms with Crippen LogP contribution in [0.5, 0.6) is 0 Å². The number of halogens is 1. The topological polar surface area (TPSA) is 38.1 Å². The van der Waals surface area contributed by atoms with Gasteiger partial charge in [-0.15, -0.1) is 0 Å². The van der Waals surface area contributed by atoms with Crippen molar-refractivity contribution in [2.75, 3.05) is 0 Å². The maximum atomic E-state index is 10.6. The van der Waals surface area contributed by atoms with Gasteiger partial charge in [0.25, 0.3) is 0 Å². The minimum atomic E-state index is -0.953. The summed E-state index contributed by atoms with van der Waals surface area (Å²) in [5, 5.41) is 13.0. The number of hydrogen-bond donors (Lipinski definition) is 1. The number of aromatic nitrogens is 2. The molecule has 24 heavy (non-hydrogen) atoms. The second kappa shape index (κ2) is 5.43. The molecule has 4 rings (SSSR count). The van der Waals surface area contributed by atoms with Gasteiger partial charge in [0.1, 0.15) is 0 Å². The molecule has 0 amide bonds. The average molecular weight is 381 g/mol. The van der Waals surface area contributed by atoms with Gasteiger partial charge in [0, 0.05) is 27.0 Å². The molecular formula is C20H17BrN2O. The summed E-state index contributed by atoms with van der Waals surface area (Å²) in [4.78, 5) is 4.30. The van der Waals surface area contributed by atoms with Gasteiger partial charge in [-0.05, 0) is 44.2 Å². The van der Waals surface area contributed by atoms with Crippen LogP contribution in [-0.4, -0.2) is 14.7 Å². The highest BCUT2D eigenvalue weighted by Crippen LogP contribution is 2.36. The Balaban J connectivity index is 2.18. The first-order chi connectivity index (χ1) is 11.5. The quantitative estimate of drug-likeness (QED) is 0.520. The van der Waals surface area contributed by atoms with Gasteiger partial charge < -0.3 is 9.67 Å². The molecule has 2 aromatic heterocycles. The number of benzene rings is 2.